The number of hydrogen-bond acceptors (Lipinski definition) is 5. The van der Waals surface area contributed by atoms with E-state index >= 15 is 0 Å². The second kappa shape index (κ2) is 7.56. The quantitative estimate of drug-likeness (QED) is 0.223. The molecule has 0 radical (unpaired) electrons. The Morgan fingerprint density at radius 1 is 1.33 bits per heavy atom. The zero-order valence-corrected chi connectivity index (χ0v) is 13.0. The van der Waals surface area contributed by atoms with Gasteiger partial charge >= 0.3 is 59.1 Å². The minimum atomic E-state index is -1.51. The number of benzene rings is 1. The third kappa shape index (κ3) is 4.78. The van der Waals surface area contributed by atoms with Crippen LogP contribution in [0.25, 0.3) is 0 Å². The first kappa shape index (κ1) is 17.7. The van der Waals surface area contributed by atoms with Crippen LogP contribution in [-0.2, 0) is 12.6 Å². The zero-order valence-electron chi connectivity index (χ0n) is 8.22. The molecule has 0 atom stereocenters. The van der Waals surface area contributed by atoms with Crippen molar-refractivity contribution in [3.63, 3.8) is 0 Å². The van der Waals surface area contributed by atoms with Crippen molar-refractivity contribution in [2.75, 3.05) is 0 Å². The van der Waals surface area contributed by atoms with Crippen LogP contribution in [0, 0.1) is 10.1 Å². The predicted octanol–water partition coefficient (Wildman–Crippen LogP) is -6.13. The van der Waals surface area contributed by atoms with Crippen LogP contribution < -0.4 is 64.2 Å². The Balaban J connectivity index is 0. The second-order valence-electron chi connectivity index (χ2n) is 2.23. The van der Waals surface area contributed by atoms with Gasteiger partial charge in [-0.3, -0.25) is 10.1 Å². The maximum Gasteiger partial charge on any atom is 1.00 e. The second-order valence-corrected chi connectivity index (χ2v) is 2.66. The SMILES string of the molecule is O=C([O-])c1cc([N+](=O)[O-])ccc1[S-].[Na+].[Na+]. The number of non-ortho nitro benzene ring substituents is 1. The molecule has 0 aliphatic heterocycles. The molecule has 0 aliphatic carbocycles. The molecule has 0 bridgehead atoms. The van der Waals surface area contributed by atoms with Crippen molar-refractivity contribution in [2.45, 2.75) is 4.90 Å². The van der Waals surface area contributed by atoms with Gasteiger partial charge < -0.3 is 22.5 Å². The van der Waals surface area contributed by atoms with Gasteiger partial charge in [-0.1, -0.05) is 6.07 Å². The van der Waals surface area contributed by atoms with Crippen molar-refractivity contribution in [3.05, 3.63) is 33.9 Å². The van der Waals surface area contributed by atoms with Gasteiger partial charge in [0.15, 0.2) is 0 Å². The number of rotatable bonds is 2. The summed E-state index contributed by atoms with van der Waals surface area (Å²) in [4.78, 5) is 20.0. The van der Waals surface area contributed by atoms with Crippen molar-refractivity contribution in [1.82, 2.24) is 0 Å². The summed E-state index contributed by atoms with van der Waals surface area (Å²) in [5.74, 6) is -1.51. The van der Waals surface area contributed by atoms with Gasteiger partial charge in [0, 0.05) is 12.1 Å². The Morgan fingerprint density at radius 2 is 1.87 bits per heavy atom. The van der Waals surface area contributed by atoms with E-state index in [-0.39, 0.29) is 75.3 Å². The molecule has 0 heterocycles. The van der Waals surface area contributed by atoms with Crippen LogP contribution in [-0.4, -0.2) is 10.9 Å². The summed E-state index contributed by atoms with van der Waals surface area (Å²) in [5.41, 5.74) is -0.642. The molecule has 0 aliphatic rings. The van der Waals surface area contributed by atoms with E-state index in [0.29, 0.717) is 0 Å². The average molecular weight is 243 g/mol. The number of nitrogens with zero attached hydrogens (tertiary/aromatic N) is 1. The van der Waals surface area contributed by atoms with Crippen LogP contribution in [0.2, 0.25) is 0 Å². The van der Waals surface area contributed by atoms with E-state index in [4.69, 9.17) is 0 Å². The number of carbonyl (C=O) groups excluding carboxylic acids is 1. The largest absolute Gasteiger partial charge is 1.00 e. The van der Waals surface area contributed by atoms with Crippen molar-refractivity contribution in [2.24, 2.45) is 0 Å². The summed E-state index contributed by atoms with van der Waals surface area (Å²) in [6.45, 7) is 0. The van der Waals surface area contributed by atoms with Gasteiger partial charge in [0.25, 0.3) is 5.69 Å². The molecule has 0 spiro atoms. The molecule has 1 aromatic carbocycles. The summed E-state index contributed by atoms with van der Waals surface area (Å²) in [5, 5.41) is 20.6. The molecule has 0 saturated carbocycles. The molecule has 0 fully saturated rings. The van der Waals surface area contributed by atoms with Gasteiger partial charge in [0.05, 0.1) is 10.9 Å². The fraction of sp³-hybridized carbons (Fsp3) is 0. The van der Waals surface area contributed by atoms with Crippen LogP contribution in [0.5, 0.6) is 0 Å². The molecular formula is C7H3NNa2O4S. The average Bonchev–Trinajstić information content (AvgIpc) is 2.04. The van der Waals surface area contributed by atoms with Crippen LogP contribution in [0.1, 0.15) is 10.4 Å². The number of aromatic carboxylic acids is 1. The summed E-state index contributed by atoms with van der Waals surface area (Å²) < 4.78 is 0. The normalized spacial score (nSPS) is 8.27. The van der Waals surface area contributed by atoms with E-state index < -0.39 is 10.9 Å². The Kier molecular flexibility index (Phi) is 8.92. The van der Waals surface area contributed by atoms with Crippen molar-refractivity contribution >= 4 is 24.3 Å². The maximum atomic E-state index is 10.4. The molecule has 1 rings (SSSR count). The van der Waals surface area contributed by atoms with Crippen molar-refractivity contribution in [3.8, 4) is 0 Å². The Hall–Kier alpha value is 0.310. The molecule has 68 valence electrons. The zero-order chi connectivity index (χ0) is 10.0. The molecule has 15 heavy (non-hydrogen) atoms. The molecule has 0 unspecified atom stereocenters. The van der Waals surface area contributed by atoms with Crippen molar-refractivity contribution in [1.29, 1.82) is 0 Å². The first-order valence-corrected chi connectivity index (χ1v) is 3.60. The topological polar surface area (TPSA) is 83.3 Å². The molecule has 5 nitrogen and oxygen atoms in total. The summed E-state index contributed by atoms with van der Waals surface area (Å²) in [6.07, 6.45) is 0. The van der Waals surface area contributed by atoms with E-state index in [1.165, 1.54) is 6.07 Å². The van der Waals surface area contributed by atoms with Gasteiger partial charge in [0.1, 0.15) is 0 Å². The van der Waals surface area contributed by atoms with Gasteiger partial charge in [0.2, 0.25) is 0 Å². The van der Waals surface area contributed by atoms with Crippen LogP contribution in [0.3, 0.4) is 0 Å². The molecule has 0 N–H and O–H groups in total. The number of nitro groups is 1. The molecule has 1 aromatic rings. The smallest absolute Gasteiger partial charge is 0.779 e. The Labute approximate surface area is 135 Å². The molecule has 0 amide bonds. The predicted molar refractivity (Wildman–Crippen MR) is 43.1 cm³/mol. The monoisotopic (exact) mass is 243 g/mol. The van der Waals surface area contributed by atoms with Crippen LogP contribution in [0.4, 0.5) is 5.69 Å². The number of carboxylic acids is 1. The fourth-order valence-electron chi connectivity index (χ4n) is 0.791. The number of hydrogen-bond donors (Lipinski definition) is 0. The summed E-state index contributed by atoms with van der Waals surface area (Å²) >= 11 is 4.63. The molecule has 0 aromatic heterocycles. The number of carboxylic acid groups (broad SMARTS) is 1. The third-order valence-electron chi connectivity index (χ3n) is 1.39. The van der Waals surface area contributed by atoms with Gasteiger partial charge in [-0.2, -0.15) is 4.90 Å². The summed E-state index contributed by atoms with van der Waals surface area (Å²) in [7, 11) is 0. The maximum absolute atomic E-state index is 10.4. The van der Waals surface area contributed by atoms with E-state index in [9.17, 15) is 20.0 Å². The fourth-order valence-corrected chi connectivity index (χ4v) is 1.00. The van der Waals surface area contributed by atoms with Crippen molar-refractivity contribution < 1.29 is 73.9 Å². The molecular weight excluding hydrogens is 240 g/mol. The first-order valence-electron chi connectivity index (χ1n) is 3.19. The molecule has 8 heteroatoms. The van der Waals surface area contributed by atoms with E-state index in [1.807, 2.05) is 0 Å². The number of carbonyl (C=O) groups is 1. The minimum Gasteiger partial charge on any atom is -0.779 e. The van der Waals surface area contributed by atoms with Gasteiger partial charge in [-0.15, -0.1) is 0 Å². The third-order valence-corrected chi connectivity index (χ3v) is 1.75. The Bertz CT molecular complexity index is 385. The number of nitro benzene ring substituents is 1. The summed E-state index contributed by atoms with van der Waals surface area (Å²) in [6, 6.07) is 3.23. The molecule has 0 saturated heterocycles. The first-order chi connectivity index (χ1) is 6.02. The van der Waals surface area contributed by atoms with Crippen LogP contribution >= 0.6 is 0 Å². The minimum absolute atomic E-state index is 0. The van der Waals surface area contributed by atoms with E-state index in [2.05, 4.69) is 12.6 Å². The van der Waals surface area contributed by atoms with E-state index in [1.54, 1.807) is 0 Å². The van der Waals surface area contributed by atoms with Gasteiger partial charge in [-0.25, -0.2) is 0 Å². The van der Waals surface area contributed by atoms with E-state index in [0.717, 1.165) is 12.1 Å². The van der Waals surface area contributed by atoms with Crippen LogP contribution in [0.15, 0.2) is 23.1 Å². The standard InChI is InChI=1S/C7H5NO4S.2Na/c9-7(10)5-3-4(8(11)12)1-2-6(5)13;;/h1-3,13H,(H,9,10);;/q;2*+1/p-2. The van der Waals surface area contributed by atoms with Gasteiger partial charge in [-0.05, 0) is 5.56 Å². The Morgan fingerprint density at radius 3 is 2.27 bits per heavy atom.